The van der Waals surface area contributed by atoms with E-state index >= 15 is 0 Å². The molecule has 96 valence electrons. The molecule has 0 aliphatic carbocycles. The van der Waals surface area contributed by atoms with Crippen LogP contribution in [0.25, 0.3) is 16.6 Å². The maximum Gasteiger partial charge on any atom is 0.133 e. The van der Waals surface area contributed by atoms with Crippen molar-refractivity contribution in [2.45, 2.75) is 26.8 Å². The number of nitrogens with zero attached hydrogens (tertiary/aromatic N) is 1. The summed E-state index contributed by atoms with van der Waals surface area (Å²) in [5.74, 6) is -0.318. The Bertz CT molecular complexity index is 625. The molecule has 0 unspecified atom stereocenters. The van der Waals surface area contributed by atoms with Gasteiger partial charge < -0.3 is 11.5 Å². The van der Waals surface area contributed by atoms with Gasteiger partial charge in [-0.25, -0.2) is 4.39 Å². The zero-order valence-corrected chi connectivity index (χ0v) is 10.7. The summed E-state index contributed by atoms with van der Waals surface area (Å²) in [4.78, 5) is 0. The van der Waals surface area contributed by atoms with Gasteiger partial charge in [-0.3, -0.25) is 5.10 Å². The van der Waals surface area contributed by atoms with Crippen LogP contribution in [0, 0.1) is 12.7 Å². The molecule has 2 aromatic rings. The van der Waals surface area contributed by atoms with Gasteiger partial charge in [-0.1, -0.05) is 6.08 Å². The molecule has 0 fully saturated rings. The van der Waals surface area contributed by atoms with Gasteiger partial charge in [0, 0.05) is 28.3 Å². The Morgan fingerprint density at radius 2 is 2.22 bits per heavy atom. The lowest BCUT2D eigenvalue weighted by Gasteiger charge is -2.15. The van der Waals surface area contributed by atoms with E-state index in [0.717, 1.165) is 5.39 Å². The molecule has 0 radical (unpaired) electrons. The van der Waals surface area contributed by atoms with Gasteiger partial charge in [-0.15, -0.1) is 0 Å². The van der Waals surface area contributed by atoms with E-state index in [0.29, 0.717) is 27.9 Å². The predicted molar refractivity (Wildman–Crippen MR) is 71.2 cm³/mol. The highest BCUT2D eigenvalue weighted by molar-refractivity contribution is 5.94. The summed E-state index contributed by atoms with van der Waals surface area (Å²) in [6.07, 6.45) is 3.40. The molecule has 0 aliphatic rings. The monoisotopic (exact) mass is 248 g/mol. The van der Waals surface area contributed by atoms with Crippen LogP contribution in [0.3, 0.4) is 0 Å². The van der Waals surface area contributed by atoms with E-state index in [9.17, 15) is 4.39 Å². The largest absolute Gasteiger partial charge is 0.398 e. The third kappa shape index (κ3) is 1.67. The zero-order valence-electron chi connectivity index (χ0n) is 10.7. The van der Waals surface area contributed by atoms with Crippen LogP contribution >= 0.6 is 0 Å². The lowest BCUT2D eigenvalue weighted by Crippen LogP contribution is -2.12. The summed E-state index contributed by atoms with van der Waals surface area (Å²) >= 11 is 0. The molecule has 5 heteroatoms. The van der Waals surface area contributed by atoms with Gasteiger partial charge in [0.2, 0.25) is 0 Å². The Balaban J connectivity index is 2.95. The SMILES string of the molecule is C/C=C(\N)c1c(C)c(F)c([C@H](C)N)c2[nH]ncc12. The van der Waals surface area contributed by atoms with E-state index < -0.39 is 6.04 Å². The summed E-state index contributed by atoms with van der Waals surface area (Å²) in [5.41, 5.74) is 14.6. The van der Waals surface area contributed by atoms with Crippen LogP contribution in [0.1, 0.15) is 36.6 Å². The van der Waals surface area contributed by atoms with Crippen molar-refractivity contribution >= 4 is 16.6 Å². The highest BCUT2D eigenvalue weighted by atomic mass is 19.1. The second-order valence-corrected chi connectivity index (χ2v) is 4.42. The third-order valence-corrected chi connectivity index (χ3v) is 3.17. The van der Waals surface area contributed by atoms with Gasteiger partial charge in [-0.05, 0) is 26.3 Å². The Morgan fingerprint density at radius 1 is 1.56 bits per heavy atom. The van der Waals surface area contributed by atoms with Crippen LogP contribution in [0.15, 0.2) is 12.3 Å². The second kappa shape index (κ2) is 4.42. The Morgan fingerprint density at radius 3 is 2.78 bits per heavy atom. The Labute approximate surface area is 105 Å². The third-order valence-electron chi connectivity index (χ3n) is 3.17. The molecule has 1 atom stereocenters. The zero-order chi connectivity index (χ0) is 13.4. The number of allylic oxidation sites excluding steroid dienone is 1. The van der Waals surface area contributed by atoms with Crippen molar-refractivity contribution < 1.29 is 4.39 Å². The van der Waals surface area contributed by atoms with Crippen molar-refractivity contribution in [2.75, 3.05) is 0 Å². The molecule has 18 heavy (non-hydrogen) atoms. The number of fused-ring (bicyclic) bond motifs is 1. The fourth-order valence-corrected chi connectivity index (χ4v) is 2.25. The van der Waals surface area contributed by atoms with Crippen molar-refractivity contribution in [3.8, 4) is 0 Å². The lowest BCUT2D eigenvalue weighted by atomic mass is 9.94. The first-order chi connectivity index (χ1) is 8.49. The number of nitrogens with one attached hydrogen (secondary N) is 1. The van der Waals surface area contributed by atoms with Crippen molar-refractivity contribution in [3.05, 3.63) is 34.8 Å². The minimum Gasteiger partial charge on any atom is -0.398 e. The highest BCUT2D eigenvalue weighted by Crippen LogP contribution is 2.33. The minimum absolute atomic E-state index is 0.318. The van der Waals surface area contributed by atoms with E-state index in [2.05, 4.69) is 10.2 Å². The molecular formula is C13H17FN4. The van der Waals surface area contributed by atoms with E-state index in [-0.39, 0.29) is 5.82 Å². The normalized spacial score (nSPS) is 14.2. The van der Waals surface area contributed by atoms with Crippen LogP contribution in [-0.4, -0.2) is 10.2 Å². The number of aromatic amines is 1. The van der Waals surface area contributed by atoms with Crippen molar-refractivity contribution in [3.63, 3.8) is 0 Å². The second-order valence-electron chi connectivity index (χ2n) is 4.42. The molecule has 0 amide bonds. The average Bonchev–Trinajstić information content (AvgIpc) is 2.77. The van der Waals surface area contributed by atoms with Gasteiger partial charge >= 0.3 is 0 Å². The van der Waals surface area contributed by atoms with Gasteiger partial charge in [0.1, 0.15) is 5.82 Å². The molecule has 0 saturated carbocycles. The topological polar surface area (TPSA) is 80.7 Å². The number of halogens is 1. The van der Waals surface area contributed by atoms with Gasteiger partial charge in [0.05, 0.1) is 11.7 Å². The molecule has 5 N–H and O–H groups in total. The fraction of sp³-hybridized carbons (Fsp3) is 0.308. The molecule has 4 nitrogen and oxygen atoms in total. The minimum atomic E-state index is -0.410. The molecule has 0 bridgehead atoms. The standard InChI is InChI=1S/C13H17FN4/c1-4-9(16)10-6(2)12(14)11(7(3)15)13-8(10)5-17-18-13/h4-5,7H,15-16H2,1-3H3,(H,17,18)/b9-4-/t7-/m0/s1. The Hall–Kier alpha value is -1.88. The maximum atomic E-state index is 14.4. The number of hydrogen-bond donors (Lipinski definition) is 3. The van der Waals surface area contributed by atoms with Gasteiger partial charge in [0.15, 0.2) is 0 Å². The lowest BCUT2D eigenvalue weighted by molar-refractivity contribution is 0.588. The van der Waals surface area contributed by atoms with Crippen LogP contribution in [0.4, 0.5) is 4.39 Å². The molecule has 0 saturated heterocycles. The number of nitrogens with two attached hydrogens (primary N) is 2. The molecule has 1 aromatic heterocycles. The van der Waals surface area contributed by atoms with Crippen LogP contribution in [0.5, 0.6) is 0 Å². The molecule has 0 spiro atoms. The maximum absolute atomic E-state index is 14.4. The van der Waals surface area contributed by atoms with Crippen molar-refractivity contribution in [1.29, 1.82) is 0 Å². The Kier molecular flexibility index (Phi) is 3.09. The summed E-state index contributed by atoms with van der Waals surface area (Å²) in [6.45, 7) is 5.27. The van der Waals surface area contributed by atoms with E-state index in [4.69, 9.17) is 11.5 Å². The van der Waals surface area contributed by atoms with Gasteiger partial charge in [-0.2, -0.15) is 5.10 Å². The number of benzene rings is 1. The van der Waals surface area contributed by atoms with Crippen molar-refractivity contribution in [2.24, 2.45) is 11.5 Å². The predicted octanol–water partition coefficient (Wildman–Crippen LogP) is 2.35. The first kappa shape index (κ1) is 12.6. The van der Waals surface area contributed by atoms with Crippen LogP contribution in [0.2, 0.25) is 0 Å². The summed E-state index contributed by atoms with van der Waals surface area (Å²) in [5, 5.41) is 7.58. The van der Waals surface area contributed by atoms with Crippen LogP contribution < -0.4 is 11.5 Å². The number of H-pyrrole nitrogens is 1. The first-order valence-electron chi connectivity index (χ1n) is 5.81. The molecule has 0 aliphatic heterocycles. The number of rotatable bonds is 2. The smallest absolute Gasteiger partial charge is 0.133 e. The number of aromatic nitrogens is 2. The van der Waals surface area contributed by atoms with E-state index in [1.54, 1.807) is 26.1 Å². The molecule has 1 aromatic carbocycles. The first-order valence-corrected chi connectivity index (χ1v) is 5.81. The summed E-state index contributed by atoms with van der Waals surface area (Å²) in [6, 6.07) is -0.410. The fourth-order valence-electron chi connectivity index (χ4n) is 2.25. The van der Waals surface area contributed by atoms with Crippen LogP contribution in [-0.2, 0) is 0 Å². The summed E-state index contributed by atoms with van der Waals surface area (Å²) < 4.78 is 14.4. The summed E-state index contributed by atoms with van der Waals surface area (Å²) in [7, 11) is 0. The number of hydrogen-bond acceptors (Lipinski definition) is 3. The molecular weight excluding hydrogens is 231 g/mol. The van der Waals surface area contributed by atoms with Gasteiger partial charge in [0.25, 0.3) is 0 Å². The average molecular weight is 248 g/mol. The quantitative estimate of drug-likeness (QED) is 0.763. The molecule has 2 rings (SSSR count). The van der Waals surface area contributed by atoms with E-state index in [1.165, 1.54) is 0 Å². The highest BCUT2D eigenvalue weighted by Gasteiger charge is 2.21. The van der Waals surface area contributed by atoms with Crippen molar-refractivity contribution in [1.82, 2.24) is 10.2 Å². The molecule has 1 heterocycles. The van der Waals surface area contributed by atoms with E-state index in [1.807, 2.05) is 6.92 Å².